The van der Waals surface area contributed by atoms with E-state index in [9.17, 15) is 5.11 Å². The van der Waals surface area contributed by atoms with Crippen molar-refractivity contribution in [2.75, 3.05) is 13.2 Å². The highest BCUT2D eigenvalue weighted by Crippen LogP contribution is 2.21. The Bertz CT molecular complexity index is 277. The third-order valence-electron chi connectivity index (χ3n) is 2.11. The van der Waals surface area contributed by atoms with Gasteiger partial charge in [-0.25, -0.2) is 0 Å². The molecule has 3 heteroatoms. The Balaban J connectivity index is 2.31. The monoisotopic (exact) mass is 210 g/mol. The van der Waals surface area contributed by atoms with E-state index in [4.69, 9.17) is 9.84 Å². The third-order valence-corrected chi connectivity index (χ3v) is 2.11. The molecule has 0 atom stereocenters. The third kappa shape index (κ3) is 4.70. The van der Waals surface area contributed by atoms with Gasteiger partial charge in [0.2, 0.25) is 0 Å². The van der Waals surface area contributed by atoms with Crippen molar-refractivity contribution >= 4 is 0 Å². The Hall–Kier alpha value is -1.22. The second-order valence-corrected chi connectivity index (χ2v) is 3.64. The summed E-state index contributed by atoms with van der Waals surface area (Å²) in [5.74, 6) is 0.942. The first-order valence-electron chi connectivity index (χ1n) is 5.26. The van der Waals surface area contributed by atoms with Gasteiger partial charge in [0.1, 0.15) is 11.5 Å². The zero-order valence-electron chi connectivity index (χ0n) is 9.07. The molecule has 15 heavy (non-hydrogen) atoms. The zero-order valence-corrected chi connectivity index (χ0v) is 9.07. The molecule has 1 aromatic carbocycles. The van der Waals surface area contributed by atoms with Crippen LogP contribution in [0.2, 0.25) is 0 Å². The number of hydrogen-bond donors (Lipinski definition) is 2. The van der Waals surface area contributed by atoms with Crippen LogP contribution in [0.4, 0.5) is 0 Å². The number of phenolic OH excluding ortho intramolecular Hbond substituents is 1. The van der Waals surface area contributed by atoms with E-state index < -0.39 is 0 Å². The summed E-state index contributed by atoms with van der Waals surface area (Å²) in [4.78, 5) is 0. The molecule has 0 bridgehead atoms. The second kappa shape index (κ2) is 6.30. The molecule has 0 saturated heterocycles. The summed E-state index contributed by atoms with van der Waals surface area (Å²) in [5, 5.41) is 17.9. The van der Waals surface area contributed by atoms with Gasteiger partial charge in [0.15, 0.2) is 0 Å². The smallest absolute Gasteiger partial charge is 0.123 e. The summed E-state index contributed by atoms with van der Waals surface area (Å²) in [6.07, 6.45) is 2.71. The summed E-state index contributed by atoms with van der Waals surface area (Å²) in [7, 11) is 0. The summed E-state index contributed by atoms with van der Waals surface area (Å²) >= 11 is 0. The van der Waals surface area contributed by atoms with Gasteiger partial charge < -0.3 is 14.9 Å². The molecule has 0 spiro atoms. The van der Waals surface area contributed by atoms with Crippen LogP contribution < -0.4 is 4.74 Å². The number of hydrogen-bond acceptors (Lipinski definition) is 3. The molecule has 0 saturated carbocycles. The van der Waals surface area contributed by atoms with Crippen molar-refractivity contribution in [2.45, 2.75) is 26.2 Å². The van der Waals surface area contributed by atoms with Crippen molar-refractivity contribution in [3.05, 3.63) is 23.8 Å². The number of aliphatic hydroxyl groups is 1. The first-order valence-corrected chi connectivity index (χ1v) is 5.26. The van der Waals surface area contributed by atoms with E-state index in [1.807, 2.05) is 13.0 Å². The summed E-state index contributed by atoms with van der Waals surface area (Å²) < 4.78 is 5.47. The van der Waals surface area contributed by atoms with Crippen LogP contribution in [0.1, 0.15) is 24.8 Å². The van der Waals surface area contributed by atoms with Crippen molar-refractivity contribution in [1.29, 1.82) is 0 Å². The van der Waals surface area contributed by atoms with Crippen molar-refractivity contribution in [1.82, 2.24) is 0 Å². The fourth-order valence-corrected chi connectivity index (χ4v) is 1.39. The minimum absolute atomic E-state index is 0.236. The van der Waals surface area contributed by atoms with Crippen LogP contribution in [0.25, 0.3) is 0 Å². The molecule has 0 radical (unpaired) electrons. The molecule has 0 fully saturated rings. The number of ether oxygens (including phenoxy) is 1. The van der Waals surface area contributed by atoms with Crippen molar-refractivity contribution in [3.63, 3.8) is 0 Å². The summed E-state index contributed by atoms with van der Waals surface area (Å²) in [6, 6.07) is 5.20. The second-order valence-electron chi connectivity index (χ2n) is 3.64. The molecule has 0 amide bonds. The highest BCUT2D eigenvalue weighted by atomic mass is 16.5. The molecule has 0 heterocycles. The number of benzene rings is 1. The summed E-state index contributed by atoms with van der Waals surface area (Å²) in [5.41, 5.74) is 0.986. The molecule has 0 aliphatic heterocycles. The lowest BCUT2D eigenvalue weighted by Crippen LogP contribution is -1.98. The molecule has 1 aromatic rings. The van der Waals surface area contributed by atoms with Crippen LogP contribution in [-0.2, 0) is 0 Å². The number of unbranched alkanes of at least 4 members (excludes halogenated alkanes) is 2. The maximum Gasteiger partial charge on any atom is 0.123 e. The van der Waals surface area contributed by atoms with Crippen LogP contribution >= 0.6 is 0 Å². The average molecular weight is 210 g/mol. The van der Waals surface area contributed by atoms with Gasteiger partial charge in [-0.1, -0.05) is 0 Å². The molecule has 0 aliphatic rings. The fourth-order valence-electron chi connectivity index (χ4n) is 1.39. The lowest BCUT2D eigenvalue weighted by molar-refractivity contribution is 0.265. The van der Waals surface area contributed by atoms with E-state index in [1.165, 1.54) is 0 Å². The topological polar surface area (TPSA) is 49.7 Å². The number of aromatic hydroxyl groups is 1. The molecule has 0 aromatic heterocycles. The van der Waals surface area contributed by atoms with E-state index in [2.05, 4.69) is 0 Å². The Morgan fingerprint density at radius 3 is 2.60 bits per heavy atom. The summed E-state index contributed by atoms with van der Waals surface area (Å²) in [6.45, 7) is 2.78. The van der Waals surface area contributed by atoms with Gasteiger partial charge in [0.05, 0.1) is 6.61 Å². The van der Waals surface area contributed by atoms with E-state index >= 15 is 0 Å². The van der Waals surface area contributed by atoms with Gasteiger partial charge in [0, 0.05) is 12.7 Å². The molecule has 1 rings (SSSR count). The molecule has 3 nitrogen and oxygen atoms in total. The van der Waals surface area contributed by atoms with Crippen molar-refractivity contribution in [2.24, 2.45) is 0 Å². The van der Waals surface area contributed by atoms with Gasteiger partial charge in [-0.3, -0.25) is 0 Å². The predicted octanol–water partition coefficient (Wildman–Crippen LogP) is 2.24. The van der Waals surface area contributed by atoms with Crippen LogP contribution in [-0.4, -0.2) is 23.4 Å². The van der Waals surface area contributed by atoms with Gasteiger partial charge in [-0.2, -0.15) is 0 Å². The molecule has 0 unspecified atom stereocenters. The quantitative estimate of drug-likeness (QED) is 0.708. The van der Waals surface area contributed by atoms with Crippen LogP contribution in [0.5, 0.6) is 11.5 Å². The van der Waals surface area contributed by atoms with Crippen LogP contribution in [0.3, 0.4) is 0 Å². The number of aryl methyl sites for hydroxylation is 1. The molecular weight excluding hydrogens is 192 g/mol. The van der Waals surface area contributed by atoms with Gasteiger partial charge in [0.25, 0.3) is 0 Å². The minimum Gasteiger partial charge on any atom is -0.508 e. The Labute approximate surface area is 90.3 Å². The normalized spacial score (nSPS) is 10.3. The van der Waals surface area contributed by atoms with Gasteiger partial charge in [-0.05, 0) is 43.9 Å². The largest absolute Gasteiger partial charge is 0.508 e. The fraction of sp³-hybridized carbons (Fsp3) is 0.500. The number of aliphatic hydroxyl groups excluding tert-OH is 1. The predicted molar refractivity (Wildman–Crippen MR) is 59.3 cm³/mol. The maximum absolute atomic E-state index is 9.32. The molecule has 0 aliphatic carbocycles. The SMILES string of the molecule is Cc1cc(O)cc(OCCCCCO)c1. The van der Waals surface area contributed by atoms with E-state index in [-0.39, 0.29) is 12.4 Å². The first kappa shape index (κ1) is 11.9. The van der Waals surface area contributed by atoms with Gasteiger partial charge >= 0.3 is 0 Å². The highest BCUT2D eigenvalue weighted by molar-refractivity contribution is 5.36. The minimum atomic E-state index is 0.236. The standard InChI is InChI=1S/C12H18O3/c1-10-7-11(14)9-12(8-10)15-6-4-2-3-5-13/h7-9,13-14H,2-6H2,1H3. The highest BCUT2D eigenvalue weighted by Gasteiger charge is 1.98. The number of rotatable bonds is 6. The number of phenols is 1. The molecule has 2 N–H and O–H groups in total. The Morgan fingerprint density at radius 2 is 1.93 bits per heavy atom. The van der Waals surface area contributed by atoms with Crippen LogP contribution in [0.15, 0.2) is 18.2 Å². The van der Waals surface area contributed by atoms with E-state index in [0.717, 1.165) is 24.8 Å². The van der Waals surface area contributed by atoms with E-state index in [1.54, 1.807) is 12.1 Å². The average Bonchev–Trinajstić information content (AvgIpc) is 2.16. The Morgan fingerprint density at radius 1 is 1.13 bits per heavy atom. The Kier molecular flexibility index (Phi) is 4.98. The van der Waals surface area contributed by atoms with Crippen molar-refractivity contribution < 1.29 is 14.9 Å². The maximum atomic E-state index is 9.32. The van der Waals surface area contributed by atoms with E-state index in [0.29, 0.717) is 12.4 Å². The van der Waals surface area contributed by atoms with Gasteiger partial charge in [-0.15, -0.1) is 0 Å². The molecular formula is C12H18O3. The lowest BCUT2D eigenvalue weighted by Gasteiger charge is -2.07. The lowest BCUT2D eigenvalue weighted by atomic mass is 10.2. The zero-order chi connectivity index (χ0) is 11.1. The van der Waals surface area contributed by atoms with Crippen molar-refractivity contribution in [3.8, 4) is 11.5 Å². The first-order chi connectivity index (χ1) is 7.22. The van der Waals surface area contributed by atoms with Crippen LogP contribution in [0, 0.1) is 6.92 Å². The molecule has 84 valence electrons.